The fraction of sp³-hybridized carbons (Fsp3) is 0.455. The maximum Gasteiger partial charge on any atom is 0.253 e. The zero-order chi connectivity index (χ0) is 22.6. The van der Waals surface area contributed by atoms with Crippen LogP contribution in [-0.2, 0) is 21.3 Å². The molecule has 0 radical (unpaired) electrons. The maximum absolute atomic E-state index is 12.9. The Morgan fingerprint density at radius 2 is 1.81 bits per heavy atom. The van der Waals surface area contributed by atoms with Crippen molar-refractivity contribution in [3.05, 3.63) is 52.7 Å². The smallest absolute Gasteiger partial charge is 0.253 e. The molecule has 8 nitrogen and oxygen atoms in total. The van der Waals surface area contributed by atoms with E-state index in [0.29, 0.717) is 26.3 Å². The highest BCUT2D eigenvalue weighted by Crippen LogP contribution is 2.25. The number of piperidine rings is 1. The van der Waals surface area contributed by atoms with Gasteiger partial charge in [-0.1, -0.05) is 24.1 Å². The van der Waals surface area contributed by atoms with Gasteiger partial charge in [0, 0.05) is 38.9 Å². The molecular formula is C22H27ClN4O4S. The van der Waals surface area contributed by atoms with Gasteiger partial charge in [0.05, 0.1) is 28.7 Å². The molecule has 2 aromatic rings. The molecule has 2 saturated heterocycles. The van der Waals surface area contributed by atoms with Crippen molar-refractivity contribution in [3.63, 3.8) is 0 Å². The van der Waals surface area contributed by atoms with E-state index in [1.807, 2.05) is 12.1 Å². The van der Waals surface area contributed by atoms with Gasteiger partial charge in [-0.3, -0.25) is 4.79 Å². The fourth-order valence-electron chi connectivity index (χ4n) is 3.87. The van der Waals surface area contributed by atoms with Crippen LogP contribution in [0.25, 0.3) is 0 Å². The second-order valence-electron chi connectivity index (χ2n) is 7.91. The Bertz CT molecular complexity index is 1050. The van der Waals surface area contributed by atoms with E-state index in [0.717, 1.165) is 43.7 Å². The highest BCUT2D eigenvalue weighted by atomic mass is 35.5. The predicted octanol–water partition coefficient (Wildman–Crippen LogP) is 2.68. The monoisotopic (exact) mass is 478 g/mol. The molecule has 4 rings (SSSR count). The number of morpholine rings is 1. The summed E-state index contributed by atoms with van der Waals surface area (Å²) in [5, 5.41) is 3.02. The first-order valence-corrected chi connectivity index (χ1v) is 12.6. The number of benzene rings is 1. The van der Waals surface area contributed by atoms with Gasteiger partial charge >= 0.3 is 0 Å². The highest BCUT2D eigenvalue weighted by molar-refractivity contribution is 7.89. The summed E-state index contributed by atoms with van der Waals surface area (Å²) in [6.45, 7) is 4.24. The third kappa shape index (κ3) is 5.23. The summed E-state index contributed by atoms with van der Waals surface area (Å²) in [4.78, 5) is 19.5. The Morgan fingerprint density at radius 3 is 2.50 bits per heavy atom. The number of nitrogens with zero attached hydrogens (tertiary/aromatic N) is 3. The molecule has 2 aliphatic rings. The number of aromatic nitrogens is 1. The number of hydrogen-bond acceptors (Lipinski definition) is 6. The van der Waals surface area contributed by atoms with Crippen LogP contribution in [0.2, 0.25) is 5.02 Å². The quantitative estimate of drug-likeness (QED) is 0.686. The number of anilines is 1. The minimum absolute atomic E-state index is 0.0884. The maximum atomic E-state index is 12.9. The molecule has 32 heavy (non-hydrogen) atoms. The predicted molar refractivity (Wildman–Crippen MR) is 123 cm³/mol. The largest absolute Gasteiger partial charge is 0.378 e. The van der Waals surface area contributed by atoms with Crippen LogP contribution in [0.3, 0.4) is 0 Å². The normalized spacial score (nSPS) is 17.8. The summed E-state index contributed by atoms with van der Waals surface area (Å²) in [6, 6.07) is 8.12. The molecule has 1 N–H and O–H groups in total. The SMILES string of the molecule is O=C(NCc1ccc(N2CCOCC2)nc1)c1cc(S(=O)(=O)N2CCCCC2)ccc1Cl. The summed E-state index contributed by atoms with van der Waals surface area (Å²) >= 11 is 6.22. The first kappa shape index (κ1) is 23.0. The van der Waals surface area contributed by atoms with E-state index < -0.39 is 15.9 Å². The van der Waals surface area contributed by atoms with Gasteiger partial charge in [0.25, 0.3) is 5.91 Å². The van der Waals surface area contributed by atoms with Crippen LogP contribution in [0, 0.1) is 0 Å². The van der Waals surface area contributed by atoms with Crippen molar-refractivity contribution in [1.29, 1.82) is 0 Å². The Kier molecular flexibility index (Phi) is 7.30. The van der Waals surface area contributed by atoms with Gasteiger partial charge in [-0.05, 0) is 42.7 Å². The molecule has 1 amide bonds. The summed E-state index contributed by atoms with van der Waals surface area (Å²) in [5.41, 5.74) is 0.978. The van der Waals surface area contributed by atoms with E-state index in [9.17, 15) is 13.2 Å². The van der Waals surface area contributed by atoms with Gasteiger partial charge in [-0.2, -0.15) is 4.31 Å². The van der Waals surface area contributed by atoms with Crippen molar-refractivity contribution >= 4 is 33.3 Å². The van der Waals surface area contributed by atoms with Crippen LogP contribution >= 0.6 is 11.6 Å². The molecule has 172 valence electrons. The fourth-order valence-corrected chi connectivity index (χ4v) is 5.62. The first-order valence-electron chi connectivity index (χ1n) is 10.8. The van der Waals surface area contributed by atoms with Crippen molar-refractivity contribution in [2.45, 2.75) is 30.7 Å². The Hall–Kier alpha value is -2.20. The summed E-state index contributed by atoms with van der Waals surface area (Å²) in [5.74, 6) is 0.449. The third-order valence-corrected chi connectivity index (χ3v) is 7.96. The molecule has 2 aliphatic heterocycles. The van der Waals surface area contributed by atoms with Crippen LogP contribution in [-0.4, -0.2) is 63.0 Å². The van der Waals surface area contributed by atoms with Gasteiger partial charge in [0.15, 0.2) is 0 Å². The van der Waals surface area contributed by atoms with Crippen molar-refractivity contribution in [2.75, 3.05) is 44.3 Å². The van der Waals surface area contributed by atoms with Crippen LogP contribution in [0.5, 0.6) is 0 Å². The van der Waals surface area contributed by atoms with Gasteiger partial charge in [0.2, 0.25) is 10.0 Å². The molecule has 1 aromatic heterocycles. The minimum Gasteiger partial charge on any atom is -0.378 e. The Morgan fingerprint density at radius 1 is 1.06 bits per heavy atom. The summed E-state index contributed by atoms with van der Waals surface area (Å²) < 4.78 is 32.7. The van der Waals surface area contributed by atoms with Crippen molar-refractivity contribution in [2.24, 2.45) is 0 Å². The standard InChI is InChI=1S/C22H27ClN4O4S/c23-20-6-5-18(32(29,30)27-8-2-1-3-9-27)14-19(20)22(28)25-16-17-4-7-21(24-15-17)26-10-12-31-13-11-26/h4-7,14-15H,1-3,8-13,16H2,(H,25,28). The minimum atomic E-state index is -3.65. The molecule has 0 saturated carbocycles. The lowest BCUT2D eigenvalue weighted by Crippen LogP contribution is -2.36. The Labute approximate surface area is 193 Å². The molecule has 0 atom stereocenters. The zero-order valence-corrected chi connectivity index (χ0v) is 19.4. The average Bonchev–Trinajstić information content (AvgIpc) is 2.84. The third-order valence-electron chi connectivity index (χ3n) is 5.73. The molecule has 0 unspecified atom stereocenters. The van der Waals surface area contributed by atoms with Crippen LogP contribution in [0.15, 0.2) is 41.4 Å². The number of carbonyl (C=O) groups excluding carboxylic acids is 1. The highest BCUT2D eigenvalue weighted by Gasteiger charge is 2.27. The van der Waals surface area contributed by atoms with E-state index >= 15 is 0 Å². The van der Waals surface area contributed by atoms with Gasteiger partial charge < -0.3 is 15.0 Å². The molecule has 3 heterocycles. The number of nitrogens with one attached hydrogen (secondary N) is 1. The van der Waals surface area contributed by atoms with Crippen molar-refractivity contribution in [1.82, 2.24) is 14.6 Å². The number of carbonyl (C=O) groups is 1. The second-order valence-corrected chi connectivity index (χ2v) is 10.3. The second kappa shape index (κ2) is 10.2. The molecular weight excluding hydrogens is 452 g/mol. The van der Waals surface area contributed by atoms with Gasteiger partial charge in [-0.15, -0.1) is 0 Å². The summed E-state index contributed by atoms with van der Waals surface area (Å²) in [6.07, 6.45) is 4.45. The number of ether oxygens (including phenoxy) is 1. The van der Waals surface area contributed by atoms with E-state index in [1.54, 1.807) is 6.20 Å². The number of amides is 1. The van der Waals surface area contributed by atoms with E-state index in [2.05, 4.69) is 15.2 Å². The molecule has 0 spiro atoms. The lowest BCUT2D eigenvalue weighted by atomic mass is 10.2. The number of sulfonamides is 1. The van der Waals surface area contributed by atoms with Crippen LogP contribution < -0.4 is 10.2 Å². The molecule has 0 bridgehead atoms. The first-order chi connectivity index (χ1) is 15.4. The molecule has 2 fully saturated rings. The van der Waals surface area contributed by atoms with E-state index in [4.69, 9.17) is 16.3 Å². The molecule has 0 aliphatic carbocycles. The van der Waals surface area contributed by atoms with Crippen LogP contribution in [0.1, 0.15) is 35.2 Å². The zero-order valence-electron chi connectivity index (χ0n) is 17.8. The number of halogens is 1. The topological polar surface area (TPSA) is 91.8 Å². The van der Waals surface area contributed by atoms with E-state index in [1.165, 1.54) is 22.5 Å². The average molecular weight is 479 g/mol. The Balaban J connectivity index is 1.42. The van der Waals surface area contributed by atoms with Crippen molar-refractivity contribution in [3.8, 4) is 0 Å². The van der Waals surface area contributed by atoms with Gasteiger partial charge in [0.1, 0.15) is 5.82 Å². The number of rotatable bonds is 6. The lowest BCUT2D eigenvalue weighted by Gasteiger charge is -2.27. The lowest BCUT2D eigenvalue weighted by molar-refractivity contribution is 0.0950. The molecule has 10 heteroatoms. The number of pyridine rings is 1. The van der Waals surface area contributed by atoms with Gasteiger partial charge in [-0.25, -0.2) is 13.4 Å². The molecule has 1 aromatic carbocycles. The summed E-state index contributed by atoms with van der Waals surface area (Å²) in [7, 11) is -3.65. The van der Waals surface area contributed by atoms with Crippen LogP contribution in [0.4, 0.5) is 5.82 Å². The van der Waals surface area contributed by atoms with E-state index in [-0.39, 0.29) is 22.0 Å². The number of hydrogen-bond donors (Lipinski definition) is 1. The van der Waals surface area contributed by atoms with Crippen molar-refractivity contribution < 1.29 is 17.9 Å².